The fourth-order valence-electron chi connectivity index (χ4n) is 4.31. The van der Waals surface area contributed by atoms with Crippen molar-refractivity contribution in [1.29, 1.82) is 0 Å². The van der Waals surface area contributed by atoms with Crippen LogP contribution in [0.25, 0.3) is 22.4 Å². The first-order valence-electron chi connectivity index (χ1n) is 9.95. The molecule has 8 heteroatoms. The highest BCUT2D eigenvalue weighted by Crippen LogP contribution is 2.34. The largest absolute Gasteiger partial charge is 0.454 e. The van der Waals surface area contributed by atoms with Gasteiger partial charge in [0.05, 0.1) is 16.6 Å². The lowest BCUT2D eigenvalue weighted by Crippen LogP contribution is -2.18. The Morgan fingerprint density at radius 1 is 1.03 bits per heavy atom. The lowest BCUT2D eigenvalue weighted by atomic mass is 9.89. The van der Waals surface area contributed by atoms with Crippen LogP contribution in [0.4, 0.5) is 0 Å². The van der Waals surface area contributed by atoms with Crippen LogP contribution in [-0.4, -0.2) is 30.9 Å². The normalized spacial score (nSPS) is 16.7. The van der Waals surface area contributed by atoms with E-state index in [1.807, 2.05) is 18.2 Å². The first-order chi connectivity index (χ1) is 14.3. The molecule has 1 fully saturated rings. The summed E-state index contributed by atoms with van der Waals surface area (Å²) in [6, 6.07) is 7.33. The highest BCUT2D eigenvalue weighted by Gasteiger charge is 2.21. The van der Waals surface area contributed by atoms with Crippen LogP contribution in [0.15, 0.2) is 41.5 Å². The predicted molar refractivity (Wildman–Crippen MR) is 106 cm³/mol. The van der Waals surface area contributed by atoms with Gasteiger partial charge in [-0.25, -0.2) is 4.98 Å². The van der Waals surface area contributed by atoms with Crippen molar-refractivity contribution in [2.75, 3.05) is 6.79 Å². The van der Waals surface area contributed by atoms with E-state index >= 15 is 0 Å². The molecule has 1 aromatic carbocycles. The summed E-state index contributed by atoms with van der Waals surface area (Å²) in [6.07, 6.45) is 9.30. The van der Waals surface area contributed by atoms with Crippen LogP contribution < -0.4 is 15.0 Å². The molecule has 0 N–H and O–H groups in total. The zero-order chi connectivity index (χ0) is 19.4. The third kappa shape index (κ3) is 2.59. The summed E-state index contributed by atoms with van der Waals surface area (Å²) in [6.45, 7) is 0.197. The number of benzene rings is 1. The Kier molecular flexibility index (Phi) is 3.59. The van der Waals surface area contributed by atoms with Gasteiger partial charge in [0.1, 0.15) is 0 Å². The van der Waals surface area contributed by atoms with Gasteiger partial charge in [-0.2, -0.15) is 9.50 Å². The number of aromatic nitrogens is 5. The second-order valence-corrected chi connectivity index (χ2v) is 7.60. The number of fused-ring (bicyclic) bond motifs is 4. The molecule has 1 aliphatic carbocycles. The maximum Gasteiger partial charge on any atom is 0.266 e. The molecule has 2 aliphatic rings. The van der Waals surface area contributed by atoms with E-state index < -0.39 is 0 Å². The molecular weight excluding hydrogens is 370 g/mol. The van der Waals surface area contributed by atoms with Crippen LogP contribution in [0.2, 0.25) is 0 Å². The number of hydrogen-bond donors (Lipinski definition) is 0. The second-order valence-electron chi connectivity index (χ2n) is 7.60. The Bertz CT molecular complexity index is 1300. The van der Waals surface area contributed by atoms with Crippen molar-refractivity contribution < 1.29 is 9.47 Å². The first kappa shape index (κ1) is 16.5. The molecule has 0 unspecified atom stereocenters. The highest BCUT2D eigenvalue weighted by molar-refractivity contribution is 5.79. The zero-order valence-electron chi connectivity index (χ0n) is 15.7. The lowest BCUT2D eigenvalue weighted by Gasteiger charge is -2.17. The topological polar surface area (TPSA) is 83.5 Å². The molecule has 146 valence electrons. The van der Waals surface area contributed by atoms with Crippen molar-refractivity contribution in [2.45, 2.75) is 38.0 Å². The standard InChI is InChI=1S/C21H19N5O3/c27-20-15-11-22-21-23-19(13-4-2-1-3-5-13)24-26(21)16(15)8-9-25(20)14-6-7-17-18(10-14)29-12-28-17/h6-11,13H,1-5,12H2. The molecular formula is C21H19N5O3. The third-order valence-electron chi connectivity index (χ3n) is 5.86. The van der Waals surface area contributed by atoms with Gasteiger partial charge in [-0.05, 0) is 31.0 Å². The second kappa shape index (κ2) is 6.30. The van der Waals surface area contributed by atoms with E-state index in [9.17, 15) is 4.79 Å². The Labute approximate surface area is 165 Å². The average Bonchev–Trinajstić information content (AvgIpc) is 3.41. The van der Waals surface area contributed by atoms with Crippen LogP contribution in [0, 0.1) is 0 Å². The quantitative estimate of drug-likeness (QED) is 0.524. The SMILES string of the molecule is O=c1c2cnc3nc(C4CCCCC4)nn3c2ccn1-c1ccc2c(c1)OCO2. The molecule has 1 aliphatic heterocycles. The summed E-state index contributed by atoms with van der Waals surface area (Å²) in [7, 11) is 0. The van der Waals surface area contributed by atoms with Gasteiger partial charge in [0.2, 0.25) is 6.79 Å². The fourth-order valence-corrected chi connectivity index (χ4v) is 4.31. The average molecular weight is 389 g/mol. The van der Waals surface area contributed by atoms with Crippen molar-refractivity contribution in [1.82, 2.24) is 24.1 Å². The minimum atomic E-state index is -0.162. The van der Waals surface area contributed by atoms with Gasteiger partial charge in [-0.1, -0.05) is 19.3 Å². The van der Waals surface area contributed by atoms with Gasteiger partial charge < -0.3 is 9.47 Å². The van der Waals surface area contributed by atoms with Crippen LogP contribution in [0.1, 0.15) is 43.8 Å². The van der Waals surface area contributed by atoms with Gasteiger partial charge in [-0.3, -0.25) is 9.36 Å². The minimum Gasteiger partial charge on any atom is -0.454 e. The summed E-state index contributed by atoms with van der Waals surface area (Å²) in [5.74, 6) is 3.08. The van der Waals surface area contributed by atoms with E-state index in [0.717, 1.165) is 18.7 Å². The van der Waals surface area contributed by atoms with Crippen LogP contribution in [-0.2, 0) is 0 Å². The van der Waals surface area contributed by atoms with Crippen molar-refractivity contribution in [3.63, 3.8) is 0 Å². The monoisotopic (exact) mass is 389 g/mol. The Morgan fingerprint density at radius 2 is 1.90 bits per heavy atom. The summed E-state index contributed by atoms with van der Waals surface area (Å²) >= 11 is 0. The molecule has 3 aromatic heterocycles. The van der Waals surface area contributed by atoms with Crippen molar-refractivity contribution >= 4 is 16.7 Å². The van der Waals surface area contributed by atoms with Crippen LogP contribution in [0.3, 0.4) is 0 Å². The van der Waals surface area contributed by atoms with E-state index in [4.69, 9.17) is 14.6 Å². The molecule has 29 heavy (non-hydrogen) atoms. The van der Waals surface area contributed by atoms with Crippen molar-refractivity contribution in [2.24, 2.45) is 0 Å². The van der Waals surface area contributed by atoms with Gasteiger partial charge >= 0.3 is 0 Å². The van der Waals surface area contributed by atoms with Gasteiger partial charge in [0.25, 0.3) is 11.3 Å². The molecule has 6 rings (SSSR count). The van der Waals surface area contributed by atoms with E-state index in [-0.39, 0.29) is 12.4 Å². The fraction of sp³-hybridized carbons (Fsp3) is 0.333. The molecule has 0 bridgehead atoms. The van der Waals surface area contributed by atoms with E-state index in [1.165, 1.54) is 19.3 Å². The molecule has 0 amide bonds. The minimum absolute atomic E-state index is 0.162. The van der Waals surface area contributed by atoms with E-state index in [0.29, 0.717) is 39.8 Å². The van der Waals surface area contributed by atoms with Gasteiger partial charge in [0.15, 0.2) is 17.3 Å². The summed E-state index contributed by atoms with van der Waals surface area (Å²) in [4.78, 5) is 22.2. The van der Waals surface area contributed by atoms with Crippen molar-refractivity contribution in [3.05, 3.63) is 52.8 Å². The molecule has 0 saturated heterocycles. The molecule has 4 heterocycles. The molecule has 1 saturated carbocycles. The van der Waals surface area contributed by atoms with Gasteiger partial charge in [0, 0.05) is 24.4 Å². The Morgan fingerprint density at radius 3 is 2.79 bits per heavy atom. The van der Waals surface area contributed by atoms with E-state index in [2.05, 4.69) is 9.97 Å². The molecule has 0 spiro atoms. The van der Waals surface area contributed by atoms with Gasteiger partial charge in [-0.15, -0.1) is 5.10 Å². The maximum atomic E-state index is 13.2. The molecule has 0 radical (unpaired) electrons. The summed E-state index contributed by atoms with van der Waals surface area (Å²) in [5, 5.41) is 5.21. The van der Waals surface area contributed by atoms with Crippen LogP contribution in [0.5, 0.6) is 11.5 Å². The highest BCUT2D eigenvalue weighted by atomic mass is 16.7. The molecule has 0 atom stereocenters. The zero-order valence-corrected chi connectivity index (χ0v) is 15.7. The molecule has 4 aromatic rings. The summed E-state index contributed by atoms with van der Waals surface area (Å²) < 4.78 is 14.1. The predicted octanol–water partition coefficient (Wildman–Crippen LogP) is 3.20. The number of hydrogen-bond acceptors (Lipinski definition) is 6. The number of nitrogens with zero attached hydrogens (tertiary/aromatic N) is 5. The number of ether oxygens (including phenoxy) is 2. The van der Waals surface area contributed by atoms with Crippen molar-refractivity contribution in [3.8, 4) is 17.2 Å². The number of pyridine rings is 1. The smallest absolute Gasteiger partial charge is 0.266 e. The van der Waals surface area contributed by atoms with Crippen LogP contribution >= 0.6 is 0 Å². The Balaban J connectivity index is 1.48. The lowest BCUT2D eigenvalue weighted by molar-refractivity contribution is 0.174. The first-order valence-corrected chi connectivity index (χ1v) is 9.95. The maximum absolute atomic E-state index is 13.2. The van der Waals surface area contributed by atoms with E-state index in [1.54, 1.807) is 27.5 Å². The summed E-state index contributed by atoms with van der Waals surface area (Å²) in [5.41, 5.74) is 1.26. The number of rotatable bonds is 2. The molecule has 8 nitrogen and oxygen atoms in total. The third-order valence-corrected chi connectivity index (χ3v) is 5.86. The Hall–Kier alpha value is -3.42.